The topological polar surface area (TPSA) is 55.1 Å². The maximum absolute atomic E-state index is 13.6. The van der Waals surface area contributed by atoms with Crippen molar-refractivity contribution >= 4 is 0 Å². The second kappa shape index (κ2) is 4.66. The van der Waals surface area contributed by atoms with E-state index in [2.05, 4.69) is 5.10 Å². The highest BCUT2D eigenvalue weighted by Crippen LogP contribution is 2.15. The van der Waals surface area contributed by atoms with Crippen LogP contribution in [0.25, 0.3) is 5.69 Å². The van der Waals surface area contributed by atoms with E-state index in [1.54, 1.807) is 6.92 Å². The number of aryl methyl sites for hydroxylation is 1. The van der Waals surface area contributed by atoms with Crippen molar-refractivity contribution in [2.45, 2.75) is 13.5 Å². The average molecular weight is 252 g/mol. The third-order valence-electron chi connectivity index (χ3n) is 2.47. The van der Waals surface area contributed by atoms with E-state index < -0.39 is 23.7 Å². The normalized spacial score (nSPS) is 10.7. The highest BCUT2D eigenvalue weighted by Gasteiger charge is 2.11. The Morgan fingerprint density at radius 1 is 1.33 bits per heavy atom. The van der Waals surface area contributed by atoms with Crippen LogP contribution < -0.4 is 5.43 Å². The van der Waals surface area contributed by atoms with E-state index in [0.717, 1.165) is 22.9 Å². The smallest absolute Gasteiger partial charge is 0.206 e. The summed E-state index contributed by atoms with van der Waals surface area (Å²) in [6.07, 6.45) is 0. The van der Waals surface area contributed by atoms with Crippen molar-refractivity contribution in [1.82, 2.24) is 9.78 Å². The monoisotopic (exact) mass is 252 g/mol. The fourth-order valence-corrected chi connectivity index (χ4v) is 1.58. The summed E-state index contributed by atoms with van der Waals surface area (Å²) in [5.41, 5.74) is -0.323. The zero-order valence-electron chi connectivity index (χ0n) is 9.52. The molecule has 0 atom stereocenters. The van der Waals surface area contributed by atoms with Gasteiger partial charge in [-0.25, -0.2) is 13.5 Å². The van der Waals surface area contributed by atoms with E-state index in [0.29, 0.717) is 5.69 Å². The molecule has 1 N–H and O–H groups in total. The van der Waals surface area contributed by atoms with Crippen molar-refractivity contribution in [3.05, 3.63) is 57.5 Å². The maximum Gasteiger partial charge on any atom is 0.206 e. The standard InChI is InChI=1S/C12H10F2N2O2/c1-7-4-12(18)10(6-17)15-16(7)11-5-8(13)2-3-9(11)14/h2-5,17H,6H2,1H3. The number of benzene rings is 1. The Kier molecular flexibility index (Phi) is 3.20. The molecule has 18 heavy (non-hydrogen) atoms. The summed E-state index contributed by atoms with van der Waals surface area (Å²) in [6, 6.07) is 4.15. The number of aliphatic hydroxyl groups excluding tert-OH is 1. The van der Waals surface area contributed by atoms with Crippen LogP contribution in [0.5, 0.6) is 0 Å². The average Bonchev–Trinajstić information content (AvgIpc) is 2.33. The van der Waals surface area contributed by atoms with Crippen molar-refractivity contribution in [3.8, 4) is 5.69 Å². The number of hydrogen-bond donors (Lipinski definition) is 1. The summed E-state index contributed by atoms with van der Waals surface area (Å²) >= 11 is 0. The summed E-state index contributed by atoms with van der Waals surface area (Å²) in [5, 5.41) is 12.8. The minimum absolute atomic E-state index is 0.109. The quantitative estimate of drug-likeness (QED) is 0.876. The highest BCUT2D eigenvalue weighted by molar-refractivity contribution is 5.34. The maximum atomic E-state index is 13.6. The van der Waals surface area contributed by atoms with Gasteiger partial charge in [-0.1, -0.05) is 0 Å². The van der Waals surface area contributed by atoms with Crippen molar-refractivity contribution < 1.29 is 13.9 Å². The first-order chi connectivity index (χ1) is 8.52. The summed E-state index contributed by atoms with van der Waals surface area (Å²) < 4.78 is 27.8. The fraction of sp³-hybridized carbons (Fsp3) is 0.167. The van der Waals surface area contributed by atoms with Crippen molar-refractivity contribution in [1.29, 1.82) is 0 Å². The van der Waals surface area contributed by atoms with Gasteiger partial charge in [0.1, 0.15) is 23.0 Å². The lowest BCUT2D eigenvalue weighted by atomic mass is 10.2. The van der Waals surface area contributed by atoms with Gasteiger partial charge in [0.25, 0.3) is 0 Å². The number of halogens is 2. The second-order valence-electron chi connectivity index (χ2n) is 3.76. The largest absolute Gasteiger partial charge is 0.390 e. The summed E-state index contributed by atoms with van der Waals surface area (Å²) in [4.78, 5) is 11.4. The molecule has 1 aromatic heterocycles. The van der Waals surface area contributed by atoms with Gasteiger partial charge in [0.2, 0.25) is 5.43 Å². The van der Waals surface area contributed by atoms with Crippen LogP contribution in [0.3, 0.4) is 0 Å². The van der Waals surface area contributed by atoms with E-state index in [1.165, 1.54) is 6.07 Å². The van der Waals surface area contributed by atoms with Crippen LogP contribution in [0.2, 0.25) is 0 Å². The minimum atomic E-state index is -0.667. The first-order valence-corrected chi connectivity index (χ1v) is 5.19. The van der Waals surface area contributed by atoms with E-state index in [9.17, 15) is 13.6 Å². The lowest BCUT2D eigenvalue weighted by Crippen LogP contribution is -2.19. The van der Waals surface area contributed by atoms with Gasteiger partial charge in [-0.3, -0.25) is 4.79 Å². The van der Waals surface area contributed by atoms with Crippen molar-refractivity contribution in [2.24, 2.45) is 0 Å². The van der Waals surface area contributed by atoms with Gasteiger partial charge in [-0.05, 0) is 19.1 Å². The molecule has 0 unspecified atom stereocenters. The minimum Gasteiger partial charge on any atom is -0.390 e. The molecular weight excluding hydrogens is 242 g/mol. The molecule has 0 aliphatic heterocycles. The third-order valence-corrected chi connectivity index (χ3v) is 2.47. The Hall–Kier alpha value is -2.08. The summed E-state index contributed by atoms with van der Waals surface area (Å²) in [5.74, 6) is -1.28. The second-order valence-corrected chi connectivity index (χ2v) is 3.76. The van der Waals surface area contributed by atoms with Gasteiger partial charge < -0.3 is 5.11 Å². The zero-order valence-corrected chi connectivity index (χ0v) is 9.52. The summed E-state index contributed by atoms with van der Waals surface area (Å²) in [6.45, 7) is 0.982. The van der Waals surface area contributed by atoms with Gasteiger partial charge in [0.15, 0.2) is 0 Å². The molecule has 0 amide bonds. The Balaban J connectivity index is 2.70. The van der Waals surface area contributed by atoms with E-state index in [-0.39, 0.29) is 11.4 Å². The number of aliphatic hydroxyl groups is 1. The predicted molar refractivity (Wildman–Crippen MR) is 60.4 cm³/mol. The Labute approximate surface area is 101 Å². The predicted octanol–water partition coefficient (Wildman–Crippen LogP) is 1.31. The molecule has 2 rings (SSSR count). The first-order valence-electron chi connectivity index (χ1n) is 5.19. The van der Waals surface area contributed by atoms with Gasteiger partial charge >= 0.3 is 0 Å². The molecule has 0 aliphatic rings. The Morgan fingerprint density at radius 3 is 2.72 bits per heavy atom. The number of rotatable bonds is 2. The molecule has 0 saturated carbocycles. The van der Waals surface area contributed by atoms with Crippen LogP contribution in [0.1, 0.15) is 11.4 Å². The molecule has 1 heterocycles. The van der Waals surface area contributed by atoms with Gasteiger partial charge in [0, 0.05) is 17.8 Å². The molecular formula is C12H10F2N2O2. The van der Waals surface area contributed by atoms with Gasteiger partial charge in [-0.15, -0.1) is 0 Å². The molecule has 0 spiro atoms. The molecule has 1 aromatic carbocycles. The third kappa shape index (κ3) is 2.14. The molecule has 0 saturated heterocycles. The number of nitrogens with zero attached hydrogens (tertiary/aromatic N) is 2. The molecule has 6 heteroatoms. The van der Waals surface area contributed by atoms with Crippen molar-refractivity contribution in [3.63, 3.8) is 0 Å². The first kappa shape index (κ1) is 12.4. The lowest BCUT2D eigenvalue weighted by molar-refractivity contribution is 0.272. The van der Waals surface area contributed by atoms with Crippen LogP contribution in [0.4, 0.5) is 8.78 Å². The molecule has 94 valence electrons. The van der Waals surface area contributed by atoms with Crippen LogP contribution >= 0.6 is 0 Å². The van der Waals surface area contributed by atoms with Gasteiger partial charge in [0.05, 0.1) is 6.61 Å². The zero-order chi connectivity index (χ0) is 13.3. The summed E-state index contributed by atoms with van der Waals surface area (Å²) in [7, 11) is 0. The molecule has 4 nitrogen and oxygen atoms in total. The lowest BCUT2D eigenvalue weighted by Gasteiger charge is -2.11. The molecule has 0 radical (unpaired) electrons. The van der Waals surface area contributed by atoms with Gasteiger partial charge in [-0.2, -0.15) is 5.10 Å². The SMILES string of the molecule is Cc1cc(=O)c(CO)nn1-c1cc(F)ccc1F. The molecule has 0 aliphatic carbocycles. The number of aromatic nitrogens is 2. The van der Waals surface area contributed by atoms with Crippen LogP contribution in [0.15, 0.2) is 29.1 Å². The Bertz CT molecular complexity index is 653. The van der Waals surface area contributed by atoms with E-state index in [4.69, 9.17) is 5.11 Å². The van der Waals surface area contributed by atoms with Crippen LogP contribution in [-0.4, -0.2) is 14.9 Å². The van der Waals surface area contributed by atoms with Crippen LogP contribution in [-0.2, 0) is 6.61 Å². The number of hydrogen-bond acceptors (Lipinski definition) is 3. The van der Waals surface area contributed by atoms with Crippen molar-refractivity contribution in [2.75, 3.05) is 0 Å². The molecule has 0 fully saturated rings. The van der Waals surface area contributed by atoms with Crippen LogP contribution in [0, 0.1) is 18.6 Å². The van der Waals surface area contributed by atoms with E-state index in [1.807, 2.05) is 0 Å². The Morgan fingerprint density at radius 2 is 2.06 bits per heavy atom. The fourth-order valence-electron chi connectivity index (χ4n) is 1.58. The highest BCUT2D eigenvalue weighted by atomic mass is 19.1. The molecule has 2 aromatic rings. The molecule has 0 bridgehead atoms. The van der Waals surface area contributed by atoms with E-state index >= 15 is 0 Å².